The third kappa shape index (κ3) is 4.52. The lowest BCUT2D eigenvalue weighted by molar-refractivity contribution is -0.125. The van der Waals surface area contributed by atoms with E-state index in [1.165, 1.54) is 11.1 Å². The van der Waals surface area contributed by atoms with E-state index in [9.17, 15) is 4.79 Å². The molecule has 0 spiro atoms. The Morgan fingerprint density at radius 1 is 1.28 bits per heavy atom. The maximum atomic E-state index is 12.1. The van der Waals surface area contributed by atoms with Crippen LogP contribution < -0.4 is 5.32 Å². The van der Waals surface area contributed by atoms with E-state index in [0.717, 1.165) is 25.7 Å². The number of carbonyl (C=O) groups excluding carboxylic acids is 1. The maximum absolute atomic E-state index is 12.1. The molecule has 18 heavy (non-hydrogen) atoms. The number of nitrogens with one attached hydrogen (secondary N) is 1. The summed E-state index contributed by atoms with van der Waals surface area (Å²) in [5.74, 6) is 0.378. The summed E-state index contributed by atoms with van der Waals surface area (Å²) in [5, 5.41) is 3.06. The van der Waals surface area contributed by atoms with Crippen molar-refractivity contribution in [3.8, 4) is 0 Å². The molecular formula is C16H25NO. The van der Waals surface area contributed by atoms with Crippen LogP contribution in [0.4, 0.5) is 0 Å². The maximum Gasteiger partial charge on any atom is 0.223 e. The van der Waals surface area contributed by atoms with Gasteiger partial charge in [-0.3, -0.25) is 4.79 Å². The molecule has 1 aromatic carbocycles. The molecule has 1 amide bonds. The van der Waals surface area contributed by atoms with Crippen LogP contribution in [0.25, 0.3) is 0 Å². The highest BCUT2D eigenvalue weighted by Gasteiger charge is 2.15. The molecule has 0 fully saturated rings. The smallest absolute Gasteiger partial charge is 0.223 e. The third-order valence-corrected chi connectivity index (χ3v) is 3.48. The molecule has 0 aromatic heterocycles. The van der Waals surface area contributed by atoms with E-state index in [4.69, 9.17) is 0 Å². The van der Waals surface area contributed by atoms with Crippen LogP contribution in [0.3, 0.4) is 0 Å². The van der Waals surface area contributed by atoms with Crippen LogP contribution in [-0.4, -0.2) is 5.91 Å². The minimum Gasteiger partial charge on any atom is -0.352 e. The Balaban J connectivity index is 2.47. The average Bonchev–Trinajstić information content (AvgIpc) is 2.38. The van der Waals surface area contributed by atoms with Crippen LogP contribution >= 0.6 is 0 Å². The van der Waals surface area contributed by atoms with E-state index in [1.54, 1.807) is 0 Å². The van der Waals surface area contributed by atoms with E-state index in [1.807, 2.05) is 12.1 Å². The van der Waals surface area contributed by atoms with Gasteiger partial charge in [0.25, 0.3) is 0 Å². The summed E-state index contributed by atoms with van der Waals surface area (Å²) in [6.45, 7) is 6.98. The van der Waals surface area contributed by atoms with Crippen molar-refractivity contribution >= 4 is 5.91 Å². The number of amides is 1. The van der Waals surface area contributed by atoms with E-state index >= 15 is 0 Å². The van der Waals surface area contributed by atoms with Crippen LogP contribution in [0.2, 0.25) is 0 Å². The minimum absolute atomic E-state index is 0.175. The quantitative estimate of drug-likeness (QED) is 0.779. The monoisotopic (exact) mass is 247 g/mol. The lowest BCUT2D eigenvalue weighted by Crippen LogP contribution is -2.30. The number of unbranched alkanes of at least 4 members (excludes halogenated alkanes) is 1. The van der Waals surface area contributed by atoms with Crippen molar-refractivity contribution in [1.29, 1.82) is 0 Å². The zero-order valence-corrected chi connectivity index (χ0v) is 11.8. The highest BCUT2D eigenvalue weighted by atomic mass is 16.1. The summed E-state index contributed by atoms with van der Waals surface area (Å²) < 4.78 is 0. The molecule has 2 heteroatoms. The van der Waals surface area contributed by atoms with E-state index < -0.39 is 0 Å². The molecule has 1 atom stereocenters. The van der Waals surface area contributed by atoms with Crippen molar-refractivity contribution in [3.63, 3.8) is 0 Å². The van der Waals surface area contributed by atoms with Crippen molar-refractivity contribution in [1.82, 2.24) is 5.32 Å². The zero-order chi connectivity index (χ0) is 13.4. The van der Waals surface area contributed by atoms with Gasteiger partial charge in [0.15, 0.2) is 0 Å². The summed E-state index contributed by atoms with van der Waals surface area (Å²) in [6, 6.07) is 8.19. The van der Waals surface area contributed by atoms with Crippen molar-refractivity contribution in [2.75, 3.05) is 0 Å². The average molecular weight is 247 g/mol. The second-order valence-electron chi connectivity index (χ2n) is 4.89. The van der Waals surface area contributed by atoms with Crippen molar-refractivity contribution in [3.05, 3.63) is 35.4 Å². The summed E-state index contributed by atoms with van der Waals surface area (Å²) in [7, 11) is 0. The summed E-state index contributed by atoms with van der Waals surface area (Å²) in [6.07, 6.45) is 4.23. The number of benzene rings is 1. The molecule has 0 aliphatic heterocycles. The number of aryl methyl sites for hydroxylation is 1. The topological polar surface area (TPSA) is 29.1 Å². The molecule has 1 unspecified atom stereocenters. The van der Waals surface area contributed by atoms with Gasteiger partial charge in [0.1, 0.15) is 0 Å². The lowest BCUT2D eigenvalue weighted by atomic mass is 9.98. The van der Waals surface area contributed by atoms with Crippen LogP contribution in [0, 0.1) is 12.8 Å². The highest BCUT2D eigenvalue weighted by molar-refractivity contribution is 5.78. The van der Waals surface area contributed by atoms with E-state index in [-0.39, 0.29) is 11.8 Å². The fourth-order valence-corrected chi connectivity index (χ4v) is 2.11. The molecule has 0 heterocycles. The molecule has 0 aliphatic rings. The normalized spacial score (nSPS) is 12.2. The Morgan fingerprint density at radius 2 is 2.00 bits per heavy atom. The molecular weight excluding hydrogens is 222 g/mol. The standard InChI is InChI=1S/C16H25NO/c1-4-6-10-14(5-2)16(18)17-12-15-11-8-7-9-13(15)3/h7-9,11,14H,4-6,10,12H2,1-3H3,(H,17,18). The molecule has 0 saturated carbocycles. The van der Waals surface area contributed by atoms with E-state index in [2.05, 4.69) is 38.2 Å². The molecule has 0 radical (unpaired) electrons. The van der Waals surface area contributed by atoms with Gasteiger partial charge in [-0.25, -0.2) is 0 Å². The van der Waals surface area contributed by atoms with Gasteiger partial charge in [-0.15, -0.1) is 0 Å². The summed E-state index contributed by atoms with van der Waals surface area (Å²) >= 11 is 0. The van der Waals surface area contributed by atoms with Gasteiger partial charge < -0.3 is 5.32 Å². The third-order valence-electron chi connectivity index (χ3n) is 3.48. The van der Waals surface area contributed by atoms with Crippen molar-refractivity contribution in [2.45, 2.75) is 53.0 Å². The highest BCUT2D eigenvalue weighted by Crippen LogP contribution is 2.13. The van der Waals surface area contributed by atoms with Gasteiger partial charge >= 0.3 is 0 Å². The first-order chi connectivity index (χ1) is 8.69. The largest absolute Gasteiger partial charge is 0.352 e. The molecule has 2 nitrogen and oxygen atoms in total. The molecule has 0 bridgehead atoms. The molecule has 0 aliphatic carbocycles. The SMILES string of the molecule is CCCCC(CC)C(=O)NCc1ccccc1C. The number of hydrogen-bond donors (Lipinski definition) is 1. The Bertz CT molecular complexity index is 373. The fraction of sp³-hybridized carbons (Fsp3) is 0.562. The number of rotatable bonds is 7. The number of hydrogen-bond acceptors (Lipinski definition) is 1. The predicted molar refractivity (Wildman–Crippen MR) is 76.3 cm³/mol. The van der Waals surface area contributed by atoms with Crippen molar-refractivity contribution in [2.24, 2.45) is 5.92 Å². The Hall–Kier alpha value is -1.31. The van der Waals surface area contributed by atoms with Gasteiger partial charge in [0.05, 0.1) is 0 Å². The van der Waals surface area contributed by atoms with Gasteiger partial charge in [0, 0.05) is 12.5 Å². The Kier molecular flexibility index (Phi) is 6.48. The predicted octanol–water partition coefficient (Wildman–Crippen LogP) is 3.83. The minimum atomic E-state index is 0.175. The first-order valence-corrected chi connectivity index (χ1v) is 7.01. The second-order valence-corrected chi connectivity index (χ2v) is 4.89. The summed E-state index contributed by atoms with van der Waals surface area (Å²) in [4.78, 5) is 12.1. The van der Waals surface area contributed by atoms with Gasteiger partial charge in [-0.2, -0.15) is 0 Å². The Labute approximate surface area is 111 Å². The first kappa shape index (κ1) is 14.7. The zero-order valence-electron chi connectivity index (χ0n) is 11.8. The first-order valence-electron chi connectivity index (χ1n) is 7.01. The van der Waals surface area contributed by atoms with Crippen LogP contribution in [0.1, 0.15) is 50.7 Å². The lowest BCUT2D eigenvalue weighted by Gasteiger charge is -2.15. The van der Waals surface area contributed by atoms with Gasteiger partial charge in [-0.05, 0) is 30.9 Å². The van der Waals surface area contributed by atoms with Crippen LogP contribution in [0.5, 0.6) is 0 Å². The van der Waals surface area contributed by atoms with E-state index in [0.29, 0.717) is 6.54 Å². The second kappa shape index (κ2) is 7.91. The van der Waals surface area contributed by atoms with Gasteiger partial charge in [-0.1, -0.05) is 51.0 Å². The molecule has 1 N–H and O–H groups in total. The number of carbonyl (C=O) groups is 1. The fourth-order valence-electron chi connectivity index (χ4n) is 2.11. The van der Waals surface area contributed by atoms with Gasteiger partial charge in [0.2, 0.25) is 5.91 Å². The van der Waals surface area contributed by atoms with Crippen molar-refractivity contribution < 1.29 is 4.79 Å². The molecule has 0 saturated heterocycles. The molecule has 1 aromatic rings. The molecule has 1 rings (SSSR count). The Morgan fingerprint density at radius 3 is 2.61 bits per heavy atom. The molecule has 100 valence electrons. The van der Waals surface area contributed by atoms with Crippen LogP contribution in [-0.2, 0) is 11.3 Å². The summed E-state index contributed by atoms with van der Waals surface area (Å²) in [5.41, 5.74) is 2.44. The van der Waals surface area contributed by atoms with Crippen LogP contribution in [0.15, 0.2) is 24.3 Å².